The summed E-state index contributed by atoms with van der Waals surface area (Å²) in [6.07, 6.45) is 3.83. The van der Waals surface area contributed by atoms with Gasteiger partial charge < -0.3 is 15.7 Å². The van der Waals surface area contributed by atoms with Gasteiger partial charge in [0.1, 0.15) is 0 Å². The number of nitrogens with one attached hydrogen (secondary N) is 2. The molecule has 0 heterocycles. The van der Waals surface area contributed by atoms with Crippen LogP contribution in [0.15, 0.2) is 0 Å². The molecule has 5 heteroatoms. The van der Waals surface area contributed by atoms with Crippen molar-refractivity contribution in [2.24, 2.45) is 11.3 Å². The van der Waals surface area contributed by atoms with E-state index < -0.39 is 5.97 Å². The van der Waals surface area contributed by atoms with Crippen LogP contribution in [0.5, 0.6) is 0 Å². The maximum atomic E-state index is 12.1. The molecule has 0 bridgehead atoms. The second-order valence-electron chi connectivity index (χ2n) is 8.12. The van der Waals surface area contributed by atoms with Crippen LogP contribution in [0.1, 0.15) is 66.7 Å². The number of rotatable bonds is 4. The van der Waals surface area contributed by atoms with Crippen molar-refractivity contribution in [3.63, 3.8) is 0 Å². The first-order valence-corrected chi connectivity index (χ1v) is 7.80. The van der Waals surface area contributed by atoms with Gasteiger partial charge in [0.15, 0.2) is 0 Å². The van der Waals surface area contributed by atoms with Gasteiger partial charge in [-0.1, -0.05) is 27.2 Å². The molecule has 5 nitrogen and oxygen atoms in total. The zero-order chi connectivity index (χ0) is 16.3. The van der Waals surface area contributed by atoms with Crippen LogP contribution in [0.2, 0.25) is 0 Å². The number of carboxylic acid groups (broad SMARTS) is 1. The van der Waals surface area contributed by atoms with Gasteiger partial charge in [-0.15, -0.1) is 0 Å². The Bertz CT molecular complexity index is 385. The van der Waals surface area contributed by atoms with Crippen molar-refractivity contribution in [2.75, 3.05) is 0 Å². The minimum absolute atomic E-state index is 0.0368. The number of carbonyl (C=O) groups excluding carboxylic acids is 1. The van der Waals surface area contributed by atoms with E-state index in [1.807, 2.05) is 13.8 Å². The van der Waals surface area contributed by atoms with E-state index in [9.17, 15) is 9.59 Å². The van der Waals surface area contributed by atoms with Crippen LogP contribution in [0, 0.1) is 11.3 Å². The minimum Gasteiger partial charge on any atom is -0.481 e. The number of carbonyl (C=O) groups is 2. The van der Waals surface area contributed by atoms with E-state index in [0.29, 0.717) is 12.8 Å². The van der Waals surface area contributed by atoms with Crippen molar-refractivity contribution in [2.45, 2.75) is 78.3 Å². The molecule has 0 aromatic carbocycles. The highest BCUT2D eigenvalue weighted by Crippen LogP contribution is 2.27. The van der Waals surface area contributed by atoms with Crippen LogP contribution in [-0.2, 0) is 4.79 Å². The quantitative estimate of drug-likeness (QED) is 0.746. The summed E-state index contributed by atoms with van der Waals surface area (Å²) in [4.78, 5) is 23.2. The van der Waals surface area contributed by atoms with Crippen molar-refractivity contribution in [1.82, 2.24) is 10.6 Å². The summed E-state index contributed by atoms with van der Waals surface area (Å²) in [5.74, 6) is -1.08. The monoisotopic (exact) mass is 298 g/mol. The van der Waals surface area contributed by atoms with Gasteiger partial charge in [-0.05, 0) is 44.9 Å². The molecule has 1 aliphatic rings. The highest BCUT2D eigenvalue weighted by Gasteiger charge is 2.30. The first-order chi connectivity index (χ1) is 9.48. The van der Waals surface area contributed by atoms with Crippen LogP contribution in [0.25, 0.3) is 0 Å². The Morgan fingerprint density at radius 2 is 1.76 bits per heavy atom. The highest BCUT2D eigenvalue weighted by molar-refractivity contribution is 5.75. The maximum Gasteiger partial charge on any atom is 0.315 e. The van der Waals surface area contributed by atoms with E-state index in [1.54, 1.807) is 0 Å². The maximum absolute atomic E-state index is 12.1. The Morgan fingerprint density at radius 1 is 1.14 bits per heavy atom. The average Bonchev–Trinajstić information content (AvgIpc) is 2.24. The Hall–Kier alpha value is -1.26. The van der Waals surface area contributed by atoms with Gasteiger partial charge in [0, 0.05) is 11.6 Å². The van der Waals surface area contributed by atoms with E-state index in [4.69, 9.17) is 5.11 Å². The standard InChI is InChI=1S/C16H30N2O3/c1-15(2,3)10-16(4,5)18-14(21)17-12-8-6-7-11(9-12)13(19)20/h11-12H,6-10H2,1-5H3,(H,19,20)(H2,17,18,21). The lowest BCUT2D eigenvalue weighted by atomic mass is 9.82. The van der Waals surface area contributed by atoms with Crippen molar-refractivity contribution in [1.29, 1.82) is 0 Å². The van der Waals surface area contributed by atoms with E-state index in [0.717, 1.165) is 19.3 Å². The predicted molar refractivity (Wildman–Crippen MR) is 83.2 cm³/mol. The molecule has 0 aromatic heterocycles. The summed E-state index contributed by atoms with van der Waals surface area (Å²) in [6, 6.07) is -0.231. The third-order valence-corrected chi connectivity index (χ3v) is 3.78. The average molecular weight is 298 g/mol. The van der Waals surface area contributed by atoms with Gasteiger partial charge in [-0.25, -0.2) is 4.79 Å². The molecule has 2 atom stereocenters. The fourth-order valence-electron chi connectivity index (χ4n) is 3.44. The lowest BCUT2D eigenvalue weighted by Gasteiger charge is -2.34. The SMILES string of the molecule is CC(C)(C)CC(C)(C)NC(=O)NC1CCCC(C(=O)O)C1. The Kier molecular flexibility index (Phi) is 5.65. The Morgan fingerprint density at radius 3 is 2.29 bits per heavy atom. The number of urea groups is 1. The summed E-state index contributed by atoms with van der Waals surface area (Å²) in [5.41, 5.74) is -0.154. The van der Waals surface area contributed by atoms with Crippen LogP contribution >= 0.6 is 0 Å². The fourth-order valence-corrected chi connectivity index (χ4v) is 3.44. The molecule has 0 aromatic rings. The molecular weight excluding hydrogens is 268 g/mol. The number of hydrogen-bond donors (Lipinski definition) is 3. The third kappa shape index (κ3) is 6.82. The topological polar surface area (TPSA) is 78.4 Å². The second-order valence-corrected chi connectivity index (χ2v) is 8.12. The zero-order valence-electron chi connectivity index (χ0n) is 14.0. The van der Waals surface area contributed by atoms with Crippen LogP contribution < -0.4 is 10.6 Å². The van der Waals surface area contributed by atoms with E-state index >= 15 is 0 Å². The Labute approximate surface area is 127 Å². The van der Waals surface area contributed by atoms with Gasteiger partial charge in [-0.2, -0.15) is 0 Å². The van der Waals surface area contributed by atoms with Gasteiger partial charge in [0.05, 0.1) is 5.92 Å². The molecule has 1 saturated carbocycles. The first kappa shape index (κ1) is 17.8. The van der Waals surface area contributed by atoms with Gasteiger partial charge in [0.25, 0.3) is 0 Å². The molecule has 1 aliphatic carbocycles. The molecule has 3 N–H and O–H groups in total. The summed E-state index contributed by atoms with van der Waals surface area (Å²) >= 11 is 0. The molecule has 21 heavy (non-hydrogen) atoms. The largest absolute Gasteiger partial charge is 0.481 e. The van der Waals surface area contributed by atoms with E-state index in [1.165, 1.54) is 0 Å². The van der Waals surface area contributed by atoms with Gasteiger partial charge >= 0.3 is 12.0 Å². The molecule has 1 rings (SSSR count). The first-order valence-electron chi connectivity index (χ1n) is 7.80. The summed E-state index contributed by atoms with van der Waals surface area (Å²) in [5, 5.41) is 15.0. The lowest BCUT2D eigenvalue weighted by Crippen LogP contribution is -2.53. The highest BCUT2D eigenvalue weighted by atomic mass is 16.4. The Balaban J connectivity index is 2.48. The third-order valence-electron chi connectivity index (χ3n) is 3.78. The van der Waals surface area contributed by atoms with Crippen molar-refractivity contribution >= 4 is 12.0 Å². The fraction of sp³-hybridized carbons (Fsp3) is 0.875. The lowest BCUT2D eigenvalue weighted by molar-refractivity contribution is -0.143. The molecular formula is C16H30N2O3. The van der Waals surface area contributed by atoms with Crippen LogP contribution in [-0.4, -0.2) is 28.7 Å². The molecule has 2 unspecified atom stereocenters. The molecule has 0 radical (unpaired) electrons. The van der Waals surface area contributed by atoms with Gasteiger partial charge in [0.2, 0.25) is 0 Å². The van der Waals surface area contributed by atoms with Crippen molar-refractivity contribution in [3.05, 3.63) is 0 Å². The normalized spacial score (nSPS) is 23.5. The van der Waals surface area contributed by atoms with Crippen LogP contribution in [0.3, 0.4) is 0 Å². The van der Waals surface area contributed by atoms with E-state index in [-0.39, 0.29) is 28.9 Å². The van der Waals surface area contributed by atoms with Crippen molar-refractivity contribution in [3.8, 4) is 0 Å². The number of aliphatic carboxylic acids is 1. The molecule has 0 aliphatic heterocycles. The van der Waals surface area contributed by atoms with Gasteiger partial charge in [-0.3, -0.25) is 4.79 Å². The molecule has 2 amide bonds. The second kappa shape index (κ2) is 6.67. The summed E-state index contributed by atoms with van der Waals surface area (Å²) in [7, 11) is 0. The molecule has 0 saturated heterocycles. The number of amides is 2. The molecule has 1 fully saturated rings. The molecule has 122 valence electrons. The molecule has 0 spiro atoms. The van der Waals surface area contributed by atoms with Crippen LogP contribution in [0.4, 0.5) is 4.79 Å². The smallest absolute Gasteiger partial charge is 0.315 e. The summed E-state index contributed by atoms with van der Waals surface area (Å²) < 4.78 is 0. The number of hydrogen-bond acceptors (Lipinski definition) is 2. The summed E-state index contributed by atoms with van der Waals surface area (Å²) in [6.45, 7) is 10.5. The number of carboxylic acids is 1. The minimum atomic E-state index is -0.755. The zero-order valence-corrected chi connectivity index (χ0v) is 14.0. The predicted octanol–water partition coefficient (Wildman–Crippen LogP) is 3.14. The van der Waals surface area contributed by atoms with E-state index in [2.05, 4.69) is 31.4 Å². The van der Waals surface area contributed by atoms with Crippen molar-refractivity contribution < 1.29 is 14.7 Å².